The van der Waals surface area contributed by atoms with Crippen molar-refractivity contribution in [1.82, 2.24) is 10.6 Å². The highest BCUT2D eigenvalue weighted by atomic mass is 35.5. The molecule has 0 aromatic heterocycles. The number of benzene rings is 1. The van der Waals surface area contributed by atoms with Crippen molar-refractivity contribution in [1.29, 1.82) is 0 Å². The fourth-order valence-electron chi connectivity index (χ4n) is 3.56. The SMILES string of the molecule is CCCCCCCCCOc1ccc(C2NC(=O)NC(C)=C2C(=O)OC(C)C)c(Cl)c1. The van der Waals surface area contributed by atoms with Gasteiger partial charge in [0.05, 0.1) is 24.3 Å². The van der Waals surface area contributed by atoms with Crippen molar-refractivity contribution in [2.75, 3.05) is 6.61 Å². The molecule has 0 saturated carbocycles. The number of rotatable bonds is 12. The maximum absolute atomic E-state index is 12.6. The summed E-state index contributed by atoms with van der Waals surface area (Å²) < 4.78 is 11.2. The number of unbranched alkanes of at least 4 members (excludes halogenated alkanes) is 6. The van der Waals surface area contributed by atoms with Crippen molar-refractivity contribution in [2.24, 2.45) is 0 Å². The van der Waals surface area contributed by atoms with Crippen LogP contribution in [0.25, 0.3) is 0 Å². The highest BCUT2D eigenvalue weighted by molar-refractivity contribution is 6.31. The van der Waals surface area contributed by atoms with Gasteiger partial charge in [-0.3, -0.25) is 0 Å². The highest BCUT2D eigenvalue weighted by Crippen LogP contribution is 2.34. The second kappa shape index (κ2) is 12.6. The van der Waals surface area contributed by atoms with E-state index in [1.54, 1.807) is 32.9 Å². The van der Waals surface area contributed by atoms with Crippen LogP contribution in [0.3, 0.4) is 0 Å². The fraction of sp³-hybridized carbons (Fsp3) is 0.583. The molecule has 172 valence electrons. The molecule has 1 aliphatic heterocycles. The summed E-state index contributed by atoms with van der Waals surface area (Å²) in [5.41, 5.74) is 1.41. The van der Waals surface area contributed by atoms with Gasteiger partial charge in [-0.2, -0.15) is 0 Å². The lowest BCUT2D eigenvalue weighted by Crippen LogP contribution is -2.45. The van der Waals surface area contributed by atoms with E-state index in [9.17, 15) is 9.59 Å². The molecule has 1 heterocycles. The third-order valence-corrected chi connectivity index (χ3v) is 5.46. The number of ether oxygens (including phenoxy) is 2. The number of carbonyl (C=O) groups is 2. The third kappa shape index (κ3) is 7.76. The van der Waals surface area contributed by atoms with Gasteiger partial charge >= 0.3 is 12.0 Å². The number of nitrogens with one attached hydrogen (secondary N) is 2. The number of amides is 2. The zero-order valence-corrected chi connectivity index (χ0v) is 19.8. The van der Waals surface area contributed by atoms with Gasteiger partial charge in [0.2, 0.25) is 0 Å². The quantitative estimate of drug-likeness (QED) is 0.300. The van der Waals surface area contributed by atoms with Crippen LogP contribution in [0.4, 0.5) is 4.79 Å². The number of urea groups is 1. The van der Waals surface area contributed by atoms with Gasteiger partial charge in [-0.1, -0.05) is 63.1 Å². The number of allylic oxidation sites excluding steroid dienone is 1. The Bertz CT molecular complexity index is 792. The van der Waals surface area contributed by atoms with Gasteiger partial charge in [0, 0.05) is 10.7 Å². The molecule has 2 rings (SSSR count). The van der Waals surface area contributed by atoms with Crippen LogP contribution in [0.5, 0.6) is 5.75 Å². The summed E-state index contributed by atoms with van der Waals surface area (Å²) >= 11 is 6.52. The van der Waals surface area contributed by atoms with Crippen LogP contribution in [0.2, 0.25) is 5.02 Å². The second-order valence-corrected chi connectivity index (χ2v) is 8.58. The first-order valence-electron chi connectivity index (χ1n) is 11.2. The van der Waals surface area contributed by atoms with Crippen LogP contribution in [0, 0.1) is 0 Å². The molecule has 31 heavy (non-hydrogen) atoms. The topological polar surface area (TPSA) is 76.7 Å². The van der Waals surface area contributed by atoms with Crippen LogP contribution >= 0.6 is 11.6 Å². The van der Waals surface area contributed by atoms with E-state index in [1.165, 1.54) is 32.1 Å². The monoisotopic (exact) mass is 450 g/mol. The Morgan fingerprint density at radius 1 is 1.13 bits per heavy atom. The lowest BCUT2D eigenvalue weighted by molar-refractivity contribution is -0.143. The van der Waals surface area contributed by atoms with Gasteiger partial charge in [-0.05, 0) is 44.9 Å². The predicted molar refractivity (Wildman–Crippen MR) is 123 cm³/mol. The summed E-state index contributed by atoms with van der Waals surface area (Å²) in [7, 11) is 0. The average Bonchev–Trinajstić information content (AvgIpc) is 2.68. The van der Waals surface area contributed by atoms with Crippen molar-refractivity contribution in [2.45, 2.75) is 84.8 Å². The molecule has 0 fully saturated rings. The Morgan fingerprint density at radius 2 is 1.81 bits per heavy atom. The number of halogens is 1. The molecule has 1 atom stereocenters. The van der Waals surface area contributed by atoms with Crippen molar-refractivity contribution in [3.63, 3.8) is 0 Å². The number of esters is 1. The molecule has 0 radical (unpaired) electrons. The number of hydrogen-bond acceptors (Lipinski definition) is 4. The van der Waals surface area contributed by atoms with Gasteiger partial charge in [-0.15, -0.1) is 0 Å². The molecular weight excluding hydrogens is 416 g/mol. The summed E-state index contributed by atoms with van der Waals surface area (Å²) in [6, 6.07) is 4.25. The number of hydrogen-bond donors (Lipinski definition) is 2. The van der Waals surface area contributed by atoms with E-state index in [-0.39, 0.29) is 12.1 Å². The maximum Gasteiger partial charge on any atom is 0.338 e. The van der Waals surface area contributed by atoms with Gasteiger partial charge in [0.25, 0.3) is 0 Å². The molecule has 2 N–H and O–H groups in total. The largest absolute Gasteiger partial charge is 0.494 e. The Balaban J connectivity index is 2.01. The van der Waals surface area contributed by atoms with E-state index in [1.807, 2.05) is 6.07 Å². The van der Waals surface area contributed by atoms with Crippen LogP contribution in [0.1, 0.15) is 84.2 Å². The van der Waals surface area contributed by atoms with E-state index < -0.39 is 12.0 Å². The van der Waals surface area contributed by atoms with Crippen molar-refractivity contribution in [3.05, 3.63) is 40.1 Å². The summed E-state index contributed by atoms with van der Waals surface area (Å²) in [6.45, 7) is 8.09. The molecule has 1 unspecified atom stereocenters. The first kappa shape index (κ1) is 25.1. The molecule has 1 aliphatic rings. The molecule has 0 bridgehead atoms. The molecule has 0 saturated heterocycles. The Labute approximate surface area is 190 Å². The molecule has 0 aliphatic carbocycles. The maximum atomic E-state index is 12.6. The summed E-state index contributed by atoms with van der Waals surface area (Å²) in [4.78, 5) is 24.7. The predicted octanol–water partition coefficient (Wildman–Crippen LogP) is 6.05. The van der Waals surface area contributed by atoms with Crippen LogP contribution in [-0.2, 0) is 9.53 Å². The molecule has 6 nitrogen and oxygen atoms in total. The minimum Gasteiger partial charge on any atom is -0.494 e. The molecule has 2 amide bonds. The van der Waals surface area contributed by atoms with E-state index in [0.29, 0.717) is 34.2 Å². The van der Waals surface area contributed by atoms with Crippen molar-refractivity contribution < 1.29 is 19.1 Å². The van der Waals surface area contributed by atoms with Crippen LogP contribution in [-0.4, -0.2) is 24.7 Å². The zero-order valence-electron chi connectivity index (χ0n) is 19.1. The Hall–Kier alpha value is -2.21. The summed E-state index contributed by atoms with van der Waals surface area (Å²) in [6.07, 6.45) is 8.28. The lowest BCUT2D eigenvalue weighted by atomic mass is 9.95. The molecule has 1 aromatic carbocycles. The van der Waals surface area contributed by atoms with Gasteiger partial charge in [-0.25, -0.2) is 9.59 Å². The smallest absolute Gasteiger partial charge is 0.338 e. The summed E-state index contributed by atoms with van der Waals surface area (Å²) in [5.74, 6) is 0.187. The van der Waals surface area contributed by atoms with Crippen LogP contribution < -0.4 is 15.4 Å². The molecule has 7 heteroatoms. The van der Waals surface area contributed by atoms with Gasteiger partial charge in [0.1, 0.15) is 5.75 Å². The third-order valence-electron chi connectivity index (χ3n) is 5.13. The average molecular weight is 451 g/mol. The van der Waals surface area contributed by atoms with Crippen LogP contribution in [0.15, 0.2) is 29.5 Å². The minimum absolute atomic E-state index is 0.274. The second-order valence-electron chi connectivity index (χ2n) is 8.18. The van der Waals surface area contributed by atoms with E-state index in [0.717, 1.165) is 12.8 Å². The zero-order chi connectivity index (χ0) is 22.8. The van der Waals surface area contributed by atoms with Gasteiger partial charge in [0.15, 0.2) is 0 Å². The van der Waals surface area contributed by atoms with Crippen molar-refractivity contribution >= 4 is 23.6 Å². The highest BCUT2D eigenvalue weighted by Gasteiger charge is 2.33. The Morgan fingerprint density at radius 3 is 2.45 bits per heavy atom. The Kier molecular flexibility index (Phi) is 10.2. The van der Waals surface area contributed by atoms with Gasteiger partial charge < -0.3 is 20.1 Å². The van der Waals surface area contributed by atoms with Crippen molar-refractivity contribution in [3.8, 4) is 5.75 Å². The summed E-state index contributed by atoms with van der Waals surface area (Å²) in [5, 5.41) is 5.83. The van der Waals surface area contributed by atoms with E-state index in [2.05, 4.69) is 17.6 Å². The first-order chi connectivity index (χ1) is 14.8. The fourth-order valence-corrected chi connectivity index (χ4v) is 3.84. The van der Waals surface area contributed by atoms with E-state index in [4.69, 9.17) is 21.1 Å². The normalized spacial score (nSPS) is 16.2. The standard InChI is InChI=1S/C24H35ClN2O4/c1-5-6-7-8-9-10-11-14-30-18-12-13-19(20(25)15-18)22-21(23(28)31-16(2)3)17(4)26-24(29)27-22/h12-13,15-16,22H,5-11,14H2,1-4H3,(H2,26,27,29). The first-order valence-corrected chi connectivity index (χ1v) is 11.6. The lowest BCUT2D eigenvalue weighted by Gasteiger charge is -2.29. The number of carbonyl (C=O) groups excluding carboxylic acids is 2. The van der Waals surface area contributed by atoms with E-state index >= 15 is 0 Å². The molecule has 1 aromatic rings. The molecule has 0 spiro atoms. The molecular formula is C24H35ClN2O4. The minimum atomic E-state index is -0.690.